The van der Waals surface area contributed by atoms with Crippen molar-refractivity contribution in [2.24, 2.45) is 0 Å². The second-order valence-electron chi connectivity index (χ2n) is 3.35. The maximum absolute atomic E-state index is 11.2. The lowest BCUT2D eigenvalue weighted by Crippen LogP contribution is -2.27. The van der Waals surface area contributed by atoms with E-state index in [9.17, 15) is 4.79 Å². The van der Waals surface area contributed by atoms with Crippen LogP contribution in [0.1, 0.15) is 30.0 Å². The number of carbonyl (C=O) groups excluding carboxylic acids is 1. The first kappa shape index (κ1) is 13.3. The van der Waals surface area contributed by atoms with Gasteiger partial charge < -0.3 is 10.1 Å². The van der Waals surface area contributed by atoms with Crippen LogP contribution in [0.2, 0.25) is 0 Å². The monoisotopic (exact) mass is 261 g/mol. The van der Waals surface area contributed by atoms with Crippen molar-refractivity contribution >= 4 is 29.0 Å². The van der Waals surface area contributed by atoms with Gasteiger partial charge in [-0.05, 0) is 17.9 Å². The van der Waals surface area contributed by atoms with Crippen LogP contribution < -0.4 is 5.32 Å². The predicted octanol–water partition coefficient (Wildman–Crippen LogP) is 3.55. The topological polar surface area (TPSA) is 38.3 Å². The van der Waals surface area contributed by atoms with E-state index in [0.717, 1.165) is 17.7 Å². The molecule has 1 heterocycles. The highest BCUT2D eigenvalue weighted by atomic mass is 35.5. The number of alkyl carbamates (subject to hydrolysis) is 1. The molecule has 90 valence electrons. The normalized spacial score (nSPS) is 12.1. The van der Waals surface area contributed by atoms with Crippen LogP contribution in [0.5, 0.6) is 0 Å². The molecule has 1 aromatic heterocycles. The van der Waals surface area contributed by atoms with Crippen molar-refractivity contribution in [1.82, 2.24) is 5.32 Å². The third-order valence-electron chi connectivity index (χ3n) is 2.01. The molecule has 3 nitrogen and oxygen atoms in total. The molecule has 0 aliphatic carbocycles. The Hall–Kier alpha value is -0.740. The molecule has 0 fully saturated rings. The van der Waals surface area contributed by atoms with Crippen LogP contribution in [-0.4, -0.2) is 19.2 Å². The highest BCUT2D eigenvalue weighted by Gasteiger charge is 2.10. The maximum atomic E-state index is 11.2. The molecule has 1 rings (SSSR count). The van der Waals surface area contributed by atoms with E-state index in [1.807, 2.05) is 24.4 Å². The molecular formula is C11H16ClNO2S. The van der Waals surface area contributed by atoms with Crippen LogP contribution in [0.3, 0.4) is 0 Å². The Kier molecular flexibility index (Phi) is 6.26. The third-order valence-corrected chi connectivity index (χ3v) is 3.51. The second-order valence-corrected chi connectivity index (χ2v) is 4.86. The van der Waals surface area contributed by atoms with Crippen molar-refractivity contribution in [3.8, 4) is 0 Å². The number of ether oxygens (including phenoxy) is 1. The molecule has 0 saturated carbocycles. The quantitative estimate of drug-likeness (QED) is 0.628. The molecule has 0 spiro atoms. The molecule has 1 aromatic rings. The summed E-state index contributed by atoms with van der Waals surface area (Å²) in [4.78, 5) is 12.3. The molecule has 0 radical (unpaired) electrons. The van der Waals surface area contributed by atoms with Gasteiger partial charge in [0.1, 0.15) is 0 Å². The number of carbonyl (C=O) groups is 1. The molecule has 5 heteroatoms. The Morgan fingerprint density at radius 3 is 3.12 bits per heavy atom. The van der Waals surface area contributed by atoms with Crippen molar-refractivity contribution in [3.63, 3.8) is 0 Å². The fraction of sp³-hybridized carbons (Fsp3) is 0.545. The maximum Gasteiger partial charge on any atom is 0.407 e. The average molecular weight is 262 g/mol. The van der Waals surface area contributed by atoms with Gasteiger partial charge in [-0.3, -0.25) is 0 Å². The number of hydrogen-bond donors (Lipinski definition) is 1. The molecule has 0 aliphatic heterocycles. The predicted molar refractivity (Wildman–Crippen MR) is 67.2 cm³/mol. The summed E-state index contributed by atoms with van der Waals surface area (Å²) in [6, 6.07) is 3.89. The number of thiophene rings is 1. The summed E-state index contributed by atoms with van der Waals surface area (Å²) in [5.41, 5.74) is 0. The Balaban J connectivity index is 2.16. The van der Waals surface area contributed by atoms with Gasteiger partial charge in [-0.1, -0.05) is 19.4 Å². The fourth-order valence-corrected chi connectivity index (χ4v) is 2.11. The van der Waals surface area contributed by atoms with Gasteiger partial charge >= 0.3 is 6.09 Å². The molecule has 1 N–H and O–H groups in total. The summed E-state index contributed by atoms with van der Waals surface area (Å²) < 4.78 is 4.94. The molecule has 1 amide bonds. The van der Waals surface area contributed by atoms with Gasteiger partial charge in [0.05, 0.1) is 12.0 Å². The zero-order valence-corrected chi connectivity index (χ0v) is 10.8. The van der Waals surface area contributed by atoms with Gasteiger partial charge in [0.15, 0.2) is 0 Å². The number of nitrogens with one attached hydrogen (secondary N) is 1. The highest BCUT2D eigenvalue weighted by Crippen LogP contribution is 2.23. The van der Waals surface area contributed by atoms with E-state index in [4.69, 9.17) is 16.3 Å². The molecule has 0 saturated heterocycles. The van der Waals surface area contributed by atoms with Crippen LogP contribution in [0, 0.1) is 0 Å². The van der Waals surface area contributed by atoms with Crippen LogP contribution >= 0.6 is 22.9 Å². The Morgan fingerprint density at radius 2 is 2.50 bits per heavy atom. The van der Waals surface area contributed by atoms with Gasteiger partial charge in [0.2, 0.25) is 0 Å². The first-order valence-electron chi connectivity index (χ1n) is 5.32. The first-order valence-corrected chi connectivity index (χ1v) is 6.63. The molecule has 0 bridgehead atoms. The van der Waals surface area contributed by atoms with Crippen LogP contribution in [0.15, 0.2) is 17.5 Å². The van der Waals surface area contributed by atoms with Gasteiger partial charge in [-0.25, -0.2) is 4.79 Å². The minimum atomic E-state index is -0.393. The van der Waals surface area contributed by atoms with E-state index in [1.165, 1.54) is 0 Å². The summed E-state index contributed by atoms with van der Waals surface area (Å²) in [6.07, 6.45) is 1.51. The number of amides is 1. The summed E-state index contributed by atoms with van der Waals surface area (Å²) in [5.74, 6) is 0. The van der Waals surface area contributed by atoms with Crippen molar-refractivity contribution < 1.29 is 9.53 Å². The van der Waals surface area contributed by atoms with Crippen molar-refractivity contribution in [3.05, 3.63) is 22.4 Å². The number of unbranched alkanes of at least 4 members (excludes halogenated alkanes) is 1. The summed E-state index contributed by atoms with van der Waals surface area (Å²) in [6.45, 7) is 2.91. The minimum absolute atomic E-state index is 0.182. The molecule has 1 unspecified atom stereocenters. The van der Waals surface area contributed by atoms with E-state index >= 15 is 0 Å². The summed E-state index contributed by atoms with van der Waals surface area (Å²) >= 11 is 7.67. The van der Waals surface area contributed by atoms with Crippen molar-refractivity contribution in [2.45, 2.75) is 25.1 Å². The standard InChI is InChI=1S/C11H16ClNO2S/c1-2-3-6-15-11(14)13-8-9(12)10-5-4-7-16-10/h4-5,7,9H,2-3,6,8H2,1H3,(H,13,14). The largest absolute Gasteiger partial charge is 0.450 e. The highest BCUT2D eigenvalue weighted by molar-refractivity contribution is 7.10. The number of halogens is 1. The van der Waals surface area contributed by atoms with E-state index in [2.05, 4.69) is 5.32 Å². The molecule has 16 heavy (non-hydrogen) atoms. The average Bonchev–Trinajstić information content (AvgIpc) is 2.79. The van der Waals surface area contributed by atoms with Gasteiger partial charge in [-0.2, -0.15) is 0 Å². The second kappa shape index (κ2) is 7.52. The SMILES string of the molecule is CCCCOC(=O)NCC(Cl)c1cccs1. The van der Waals surface area contributed by atoms with E-state index in [0.29, 0.717) is 13.2 Å². The number of hydrogen-bond acceptors (Lipinski definition) is 3. The third kappa shape index (κ3) is 4.86. The lowest BCUT2D eigenvalue weighted by molar-refractivity contribution is 0.144. The number of rotatable bonds is 6. The zero-order chi connectivity index (χ0) is 11.8. The summed E-state index contributed by atoms with van der Waals surface area (Å²) in [5, 5.41) is 4.42. The van der Waals surface area contributed by atoms with E-state index < -0.39 is 6.09 Å². The van der Waals surface area contributed by atoms with Crippen LogP contribution in [-0.2, 0) is 4.74 Å². The van der Waals surface area contributed by atoms with E-state index in [1.54, 1.807) is 11.3 Å². The Labute approximate surface area is 105 Å². The van der Waals surface area contributed by atoms with Crippen LogP contribution in [0.25, 0.3) is 0 Å². The lowest BCUT2D eigenvalue weighted by atomic mass is 10.3. The van der Waals surface area contributed by atoms with Gasteiger partial charge in [-0.15, -0.1) is 22.9 Å². The first-order chi connectivity index (χ1) is 7.74. The Morgan fingerprint density at radius 1 is 1.69 bits per heavy atom. The smallest absolute Gasteiger partial charge is 0.407 e. The van der Waals surface area contributed by atoms with Gasteiger partial charge in [0, 0.05) is 11.4 Å². The van der Waals surface area contributed by atoms with Crippen LogP contribution in [0.4, 0.5) is 4.79 Å². The number of alkyl halides is 1. The molecule has 0 aromatic carbocycles. The molecule has 0 aliphatic rings. The zero-order valence-electron chi connectivity index (χ0n) is 9.24. The molecule has 1 atom stereocenters. The Bertz CT molecular complexity index is 303. The van der Waals surface area contributed by atoms with Crippen molar-refractivity contribution in [1.29, 1.82) is 0 Å². The molecular weight excluding hydrogens is 246 g/mol. The summed E-state index contributed by atoms with van der Waals surface area (Å²) in [7, 11) is 0. The fourth-order valence-electron chi connectivity index (χ4n) is 1.10. The minimum Gasteiger partial charge on any atom is -0.450 e. The lowest BCUT2D eigenvalue weighted by Gasteiger charge is -2.09. The van der Waals surface area contributed by atoms with Crippen molar-refractivity contribution in [2.75, 3.05) is 13.2 Å². The van der Waals surface area contributed by atoms with E-state index in [-0.39, 0.29) is 5.38 Å². The van der Waals surface area contributed by atoms with Gasteiger partial charge in [0.25, 0.3) is 0 Å².